The number of nitrogens with zero attached hydrogens (tertiary/aromatic N) is 3. The molecule has 5 nitrogen and oxygen atoms in total. The molecule has 60 valence electrons. The maximum Gasteiger partial charge on any atom is 0.241 e. The van der Waals surface area contributed by atoms with Crippen molar-refractivity contribution in [1.29, 1.82) is 5.26 Å². The molecule has 0 unspecified atom stereocenters. The number of carbonyl (C=O) groups excluding carboxylic acids is 1. The van der Waals surface area contributed by atoms with Gasteiger partial charge in [0.2, 0.25) is 5.91 Å². The van der Waals surface area contributed by atoms with Crippen molar-refractivity contribution in [2.24, 2.45) is 5.73 Å². The smallest absolute Gasteiger partial charge is 0.241 e. The number of hydrogen-bond acceptors (Lipinski definition) is 4. The van der Waals surface area contributed by atoms with Crippen LogP contribution in [0.1, 0.15) is 11.6 Å². The molecule has 0 fully saturated rings. The van der Waals surface area contributed by atoms with Crippen molar-refractivity contribution >= 4 is 5.91 Å². The van der Waals surface area contributed by atoms with Gasteiger partial charge in [-0.3, -0.25) is 14.8 Å². The van der Waals surface area contributed by atoms with E-state index >= 15 is 0 Å². The van der Waals surface area contributed by atoms with Gasteiger partial charge in [-0.1, -0.05) is 0 Å². The molecule has 1 rings (SSSR count). The number of primary amides is 1. The van der Waals surface area contributed by atoms with Crippen LogP contribution in [0.4, 0.5) is 0 Å². The number of carbonyl (C=O) groups is 1. The molecule has 5 heteroatoms. The van der Waals surface area contributed by atoms with E-state index in [4.69, 9.17) is 11.0 Å². The molecule has 0 saturated carbocycles. The number of hydrogen-bond donors (Lipinski definition) is 1. The molecule has 0 bridgehead atoms. The summed E-state index contributed by atoms with van der Waals surface area (Å²) in [6.45, 7) is 0. The van der Waals surface area contributed by atoms with Gasteiger partial charge in [-0.2, -0.15) is 5.26 Å². The Morgan fingerprint density at radius 2 is 2.42 bits per heavy atom. The highest BCUT2D eigenvalue weighted by Crippen LogP contribution is 2.08. The van der Waals surface area contributed by atoms with Crippen molar-refractivity contribution in [3.8, 4) is 6.07 Å². The molecular formula is C7H6N4O. The standard InChI is InChI=1S/C7H6N4O/c8-3-5(7(9)12)6-4-10-1-2-11-6/h1-2,4-5H,(H2,9,12)/t5-/m0/s1. The van der Waals surface area contributed by atoms with Crippen LogP contribution in [0.3, 0.4) is 0 Å². The Bertz CT molecular complexity index is 316. The van der Waals surface area contributed by atoms with E-state index in [2.05, 4.69) is 9.97 Å². The summed E-state index contributed by atoms with van der Waals surface area (Å²) >= 11 is 0. The van der Waals surface area contributed by atoms with E-state index in [1.807, 2.05) is 0 Å². The summed E-state index contributed by atoms with van der Waals surface area (Å²) in [5.74, 6) is -1.71. The third-order valence-corrected chi connectivity index (χ3v) is 1.29. The third-order valence-electron chi connectivity index (χ3n) is 1.29. The molecule has 0 aliphatic rings. The minimum atomic E-state index is -1.00. The fraction of sp³-hybridized carbons (Fsp3) is 0.143. The van der Waals surface area contributed by atoms with Crippen molar-refractivity contribution < 1.29 is 4.79 Å². The summed E-state index contributed by atoms with van der Waals surface area (Å²) in [6, 6.07) is 1.74. The SMILES string of the molecule is N#C[C@H](C(N)=O)c1cnccn1. The molecule has 0 saturated heterocycles. The first-order valence-electron chi connectivity index (χ1n) is 3.20. The summed E-state index contributed by atoms with van der Waals surface area (Å²) in [6.07, 6.45) is 4.21. The normalized spacial score (nSPS) is 11.6. The van der Waals surface area contributed by atoms with E-state index in [1.165, 1.54) is 18.6 Å². The molecule has 1 aromatic heterocycles. The van der Waals surface area contributed by atoms with Gasteiger partial charge in [-0.05, 0) is 0 Å². The maximum atomic E-state index is 10.7. The Morgan fingerprint density at radius 3 is 2.83 bits per heavy atom. The van der Waals surface area contributed by atoms with Gasteiger partial charge in [0.1, 0.15) is 0 Å². The van der Waals surface area contributed by atoms with Gasteiger partial charge in [0.05, 0.1) is 18.0 Å². The van der Waals surface area contributed by atoms with Gasteiger partial charge in [0.25, 0.3) is 0 Å². The summed E-state index contributed by atoms with van der Waals surface area (Å²) in [4.78, 5) is 18.2. The van der Waals surface area contributed by atoms with Crippen LogP contribution < -0.4 is 5.73 Å². The fourth-order valence-electron chi connectivity index (χ4n) is 0.735. The van der Waals surface area contributed by atoms with Gasteiger partial charge >= 0.3 is 0 Å². The molecule has 1 amide bonds. The lowest BCUT2D eigenvalue weighted by Gasteiger charge is -2.00. The minimum absolute atomic E-state index is 0.285. The second-order valence-electron chi connectivity index (χ2n) is 2.09. The van der Waals surface area contributed by atoms with E-state index < -0.39 is 11.8 Å². The highest BCUT2D eigenvalue weighted by Gasteiger charge is 2.17. The second kappa shape index (κ2) is 3.44. The topological polar surface area (TPSA) is 92.7 Å². The zero-order chi connectivity index (χ0) is 8.97. The van der Waals surface area contributed by atoms with Crippen molar-refractivity contribution in [1.82, 2.24) is 9.97 Å². The number of nitrogens with two attached hydrogens (primary N) is 1. The molecule has 0 aromatic carbocycles. The first kappa shape index (κ1) is 8.14. The lowest BCUT2D eigenvalue weighted by Crippen LogP contribution is -2.20. The molecule has 1 atom stereocenters. The van der Waals surface area contributed by atoms with E-state index in [0.717, 1.165) is 0 Å². The van der Waals surface area contributed by atoms with Crippen molar-refractivity contribution in [2.75, 3.05) is 0 Å². The fourth-order valence-corrected chi connectivity index (χ4v) is 0.735. The zero-order valence-electron chi connectivity index (χ0n) is 6.14. The monoisotopic (exact) mass is 162 g/mol. The number of nitriles is 1. The van der Waals surface area contributed by atoms with E-state index in [0.29, 0.717) is 0 Å². The van der Waals surface area contributed by atoms with Gasteiger partial charge in [0, 0.05) is 12.4 Å². The van der Waals surface area contributed by atoms with Crippen LogP contribution in [0.5, 0.6) is 0 Å². The summed E-state index contributed by atoms with van der Waals surface area (Å²) in [5, 5.41) is 8.53. The van der Waals surface area contributed by atoms with Crippen LogP contribution in [0.25, 0.3) is 0 Å². The summed E-state index contributed by atoms with van der Waals surface area (Å²) < 4.78 is 0. The number of aromatic nitrogens is 2. The molecule has 0 aliphatic carbocycles. The van der Waals surface area contributed by atoms with Crippen LogP contribution in [0.2, 0.25) is 0 Å². The molecule has 0 aliphatic heterocycles. The maximum absolute atomic E-state index is 10.7. The quantitative estimate of drug-likeness (QED) is 0.638. The van der Waals surface area contributed by atoms with Crippen molar-refractivity contribution in [3.63, 3.8) is 0 Å². The van der Waals surface area contributed by atoms with Gasteiger partial charge < -0.3 is 5.73 Å². The van der Waals surface area contributed by atoms with E-state index in [-0.39, 0.29) is 5.69 Å². The predicted molar refractivity (Wildman–Crippen MR) is 39.6 cm³/mol. The van der Waals surface area contributed by atoms with E-state index in [9.17, 15) is 4.79 Å². The van der Waals surface area contributed by atoms with Gasteiger partial charge in [0.15, 0.2) is 5.92 Å². The molecule has 1 heterocycles. The lowest BCUT2D eigenvalue weighted by atomic mass is 10.1. The second-order valence-corrected chi connectivity index (χ2v) is 2.09. The lowest BCUT2D eigenvalue weighted by molar-refractivity contribution is -0.118. The molecular weight excluding hydrogens is 156 g/mol. The van der Waals surface area contributed by atoms with Crippen molar-refractivity contribution in [2.45, 2.75) is 5.92 Å². The Morgan fingerprint density at radius 1 is 1.67 bits per heavy atom. The Hall–Kier alpha value is -1.96. The molecule has 12 heavy (non-hydrogen) atoms. The highest BCUT2D eigenvalue weighted by molar-refractivity contribution is 5.84. The van der Waals surface area contributed by atoms with E-state index in [1.54, 1.807) is 6.07 Å². The molecule has 0 spiro atoms. The van der Waals surface area contributed by atoms with Crippen LogP contribution in [-0.2, 0) is 4.79 Å². The average Bonchev–Trinajstić information content (AvgIpc) is 2.07. The first-order valence-corrected chi connectivity index (χ1v) is 3.20. The molecule has 2 N–H and O–H groups in total. The van der Waals surface area contributed by atoms with Crippen molar-refractivity contribution in [3.05, 3.63) is 24.3 Å². The van der Waals surface area contributed by atoms with Crippen LogP contribution >= 0.6 is 0 Å². The predicted octanol–water partition coefficient (Wildman–Crippen LogP) is -0.431. The molecule has 0 radical (unpaired) electrons. The zero-order valence-corrected chi connectivity index (χ0v) is 6.14. The first-order chi connectivity index (χ1) is 5.75. The van der Waals surface area contributed by atoms with Crippen LogP contribution in [-0.4, -0.2) is 15.9 Å². The largest absolute Gasteiger partial charge is 0.368 e. The van der Waals surface area contributed by atoms with Gasteiger partial charge in [-0.25, -0.2) is 0 Å². The summed E-state index contributed by atoms with van der Waals surface area (Å²) in [7, 11) is 0. The molecule has 1 aromatic rings. The number of amides is 1. The average molecular weight is 162 g/mol. The summed E-state index contributed by atoms with van der Waals surface area (Å²) in [5.41, 5.74) is 5.23. The van der Waals surface area contributed by atoms with Crippen LogP contribution in [0, 0.1) is 11.3 Å². The Balaban J connectivity index is 2.98. The minimum Gasteiger partial charge on any atom is -0.368 e. The highest BCUT2D eigenvalue weighted by atomic mass is 16.1. The number of rotatable bonds is 2. The Labute approximate surface area is 68.9 Å². The van der Waals surface area contributed by atoms with Gasteiger partial charge in [-0.15, -0.1) is 0 Å². The third kappa shape index (κ3) is 1.55. The van der Waals surface area contributed by atoms with Crippen LogP contribution in [0.15, 0.2) is 18.6 Å². The Kier molecular flexibility index (Phi) is 2.33.